The lowest BCUT2D eigenvalue weighted by molar-refractivity contribution is -0.120. The number of para-hydroxylation sites is 1. The van der Waals surface area contributed by atoms with Gasteiger partial charge in [0.05, 0.1) is 0 Å². The van der Waals surface area contributed by atoms with Crippen molar-refractivity contribution >= 4 is 17.3 Å². The molecule has 2 aromatic carbocycles. The molecule has 0 radical (unpaired) electrons. The van der Waals surface area contributed by atoms with E-state index >= 15 is 0 Å². The molecule has 104 valence electrons. The molecule has 0 fully saturated rings. The molecule has 0 aliphatic carbocycles. The average molecular weight is 279 g/mol. The molecule has 0 saturated carbocycles. The lowest BCUT2D eigenvalue weighted by Gasteiger charge is -2.04. The summed E-state index contributed by atoms with van der Waals surface area (Å²) in [5.41, 5.74) is 1.45. The Morgan fingerprint density at radius 2 is 1.71 bits per heavy atom. The van der Waals surface area contributed by atoms with Gasteiger partial charge in [0, 0.05) is 11.3 Å². The molecule has 0 bridgehead atoms. The lowest BCUT2D eigenvalue weighted by atomic mass is 10.1. The van der Waals surface area contributed by atoms with E-state index in [1.165, 1.54) is 0 Å². The lowest BCUT2D eigenvalue weighted by Crippen LogP contribution is -2.17. The van der Waals surface area contributed by atoms with Crippen LogP contribution in [0.25, 0.3) is 0 Å². The number of hydrogen-bond acceptors (Lipinski definition) is 4. The topological polar surface area (TPSA) is 74.5 Å². The molecule has 21 heavy (non-hydrogen) atoms. The van der Waals surface area contributed by atoms with Crippen molar-refractivity contribution in [1.29, 1.82) is 5.26 Å². The molecule has 0 heterocycles. The number of nitriles is 1. The standard InChI is InChI=1S/C16H13N3O2/c17-11-15(13-7-3-1-4-8-13)19-21-12-16(20)18-14-9-5-2-6-10-14/h1-10H,12H2,(H,18,20)/b19-15+. The van der Waals surface area contributed by atoms with E-state index in [9.17, 15) is 4.79 Å². The van der Waals surface area contributed by atoms with E-state index in [0.717, 1.165) is 0 Å². The smallest absolute Gasteiger partial charge is 0.265 e. The van der Waals surface area contributed by atoms with Crippen molar-refractivity contribution in [1.82, 2.24) is 0 Å². The molecule has 0 saturated heterocycles. The number of hydrogen-bond donors (Lipinski definition) is 1. The van der Waals surface area contributed by atoms with Crippen molar-refractivity contribution in [3.8, 4) is 6.07 Å². The molecule has 0 aliphatic rings. The van der Waals surface area contributed by atoms with Crippen molar-refractivity contribution in [2.75, 3.05) is 11.9 Å². The highest BCUT2D eigenvalue weighted by Crippen LogP contribution is 2.05. The third kappa shape index (κ3) is 4.48. The second-order valence-electron chi connectivity index (χ2n) is 4.11. The maximum atomic E-state index is 11.6. The van der Waals surface area contributed by atoms with Crippen LogP contribution in [0.4, 0.5) is 5.69 Å². The predicted octanol–water partition coefficient (Wildman–Crippen LogP) is 2.57. The summed E-state index contributed by atoms with van der Waals surface area (Å²) in [6, 6.07) is 19.9. The van der Waals surface area contributed by atoms with Gasteiger partial charge in [-0.2, -0.15) is 5.26 Å². The highest BCUT2D eigenvalue weighted by Gasteiger charge is 2.05. The maximum absolute atomic E-state index is 11.6. The van der Waals surface area contributed by atoms with E-state index in [-0.39, 0.29) is 18.2 Å². The van der Waals surface area contributed by atoms with Crippen molar-refractivity contribution in [3.63, 3.8) is 0 Å². The fourth-order valence-corrected chi connectivity index (χ4v) is 1.61. The second kappa shape index (κ2) is 7.46. The first kappa shape index (κ1) is 14.3. The number of nitrogens with zero attached hydrogens (tertiary/aromatic N) is 2. The third-order valence-electron chi connectivity index (χ3n) is 2.56. The van der Waals surface area contributed by atoms with Crippen molar-refractivity contribution in [2.24, 2.45) is 5.16 Å². The van der Waals surface area contributed by atoms with Gasteiger partial charge in [-0.1, -0.05) is 53.7 Å². The summed E-state index contributed by atoms with van der Waals surface area (Å²) in [7, 11) is 0. The van der Waals surface area contributed by atoms with E-state index < -0.39 is 0 Å². The minimum absolute atomic E-state index is 0.128. The van der Waals surface area contributed by atoms with Gasteiger partial charge in [-0.3, -0.25) is 4.79 Å². The predicted molar refractivity (Wildman–Crippen MR) is 79.6 cm³/mol. The molecule has 0 aliphatic heterocycles. The summed E-state index contributed by atoms with van der Waals surface area (Å²) in [6.07, 6.45) is 0. The Morgan fingerprint density at radius 3 is 2.33 bits per heavy atom. The van der Waals surface area contributed by atoms with Crippen LogP contribution >= 0.6 is 0 Å². The number of amides is 1. The van der Waals surface area contributed by atoms with E-state index in [0.29, 0.717) is 11.3 Å². The number of benzene rings is 2. The number of rotatable bonds is 5. The monoisotopic (exact) mass is 279 g/mol. The van der Waals surface area contributed by atoms with E-state index in [1.807, 2.05) is 30.3 Å². The van der Waals surface area contributed by atoms with Crippen LogP contribution in [0.3, 0.4) is 0 Å². The SMILES string of the molecule is N#C/C(=N\OCC(=O)Nc1ccccc1)c1ccccc1. The summed E-state index contributed by atoms with van der Waals surface area (Å²) >= 11 is 0. The van der Waals surface area contributed by atoms with Crippen molar-refractivity contribution < 1.29 is 9.63 Å². The van der Waals surface area contributed by atoms with E-state index in [4.69, 9.17) is 10.1 Å². The van der Waals surface area contributed by atoms with Gasteiger partial charge >= 0.3 is 0 Å². The van der Waals surface area contributed by atoms with Crippen LogP contribution in [0, 0.1) is 11.3 Å². The van der Waals surface area contributed by atoms with Crippen LogP contribution < -0.4 is 5.32 Å². The Hall–Kier alpha value is -3.13. The van der Waals surface area contributed by atoms with Crippen LogP contribution in [-0.4, -0.2) is 18.2 Å². The second-order valence-corrected chi connectivity index (χ2v) is 4.11. The van der Waals surface area contributed by atoms with Crippen LogP contribution in [0.15, 0.2) is 65.8 Å². The van der Waals surface area contributed by atoms with Gasteiger partial charge in [-0.15, -0.1) is 0 Å². The van der Waals surface area contributed by atoms with E-state index in [1.54, 1.807) is 36.4 Å². The number of carbonyl (C=O) groups is 1. The summed E-state index contributed by atoms with van der Waals surface area (Å²) in [5, 5.41) is 15.4. The Kier molecular flexibility index (Phi) is 5.07. The van der Waals surface area contributed by atoms with Crippen LogP contribution in [0.1, 0.15) is 5.56 Å². The summed E-state index contributed by atoms with van der Waals surface area (Å²) in [5.74, 6) is -0.338. The highest BCUT2D eigenvalue weighted by molar-refractivity contribution is 6.11. The molecular formula is C16H13N3O2. The normalized spacial score (nSPS) is 10.5. The van der Waals surface area contributed by atoms with Gasteiger partial charge in [0.2, 0.25) is 0 Å². The van der Waals surface area contributed by atoms with Gasteiger partial charge in [-0.05, 0) is 12.1 Å². The summed E-state index contributed by atoms with van der Waals surface area (Å²) in [4.78, 5) is 16.6. The molecule has 1 N–H and O–H groups in total. The number of anilines is 1. The molecule has 0 spiro atoms. The Labute approximate surface area is 122 Å². The zero-order chi connectivity index (χ0) is 14.9. The fraction of sp³-hybridized carbons (Fsp3) is 0.0625. The Balaban J connectivity index is 1.89. The van der Waals surface area contributed by atoms with Gasteiger partial charge in [0.15, 0.2) is 12.3 Å². The fourth-order valence-electron chi connectivity index (χ4n) is 1.61. The van der Waals surface area contributed by atoms with E-state index in [2.05, 4.69) is 10.5 Å². The Bertz CT molecular complexity index is 661. The third-order valence-corrected chi connectivity index (χ3v) is 2.56. The first-order valence-corrected chi connectivity index (χ1v) is 6.30. The summed E-state index contributed by atoms with van der Waals surface area (Å²) < 4.78 is 0. The molecule has 5 nitrogen and oxygen atoms in total. The quantitative estimate of drug-likeness (QED) is 0.675. The molecule has 2 rings (SSSR count). The van der Waals surface area contributed by atoms with Gasteiger partial charge < -0.3 is 10.2 Å². The van der Waals surface area contributed by atoms with Crippen molar-refractivity contribution in [2.45, 2.75) is 0 Å². The minimum atomic E-state index is -0.338. The van der Waals surface area contributed by atoms with Gasteiger partial charge in [0.1, 0.15) is 6.07 Å². The number of nitrogens with one attached hydrogen (secondary N) is 1. The Morgan fingerprint density at radius 1 is 1.10 bits per heavy atom. The van der Waals surface area contributed by atoms with Gasteiger partial charge in [-0.25, -0.2) is 0 Å². The highest BCUT2D eigenvalue weighted by atomic mass is 16.6. The van der Waals surface area contributed by atoms with Crippen molar-refractivity contribution in [3.05, 3.63) is 66.2 Å². The molecule has 1 amide bonds. The molecule has 2 aromatic rings. The first-order chi connectivity index (χ1) is 10.3. The molecule has 0 aromatic heterocycles. The maximum Gasteiger partial charge on any atom is 0.265 e. The number of carbonyl (C=O) groups excluding carboxylic acids is 1. The average Bonchev–Trinajstić information content (AvgIpc) is 2.53. The van der Waals surface area contributed by atoms with Crippen LogP contribution in [0.5, 0.6) is 0 Å². The largest absolute Gasteiger partial charge is 0.385 e. The number of oxime groups is 1. The minimum Gasteiger partial charge on any atom is -0.385 e. The van der Waals surface area contributed by atoms with Gasteiger partial charge in [0.25, 0.3) is 5.91 Å². The molecular weight excluding hydrogens is 266 g/mol. The zero-order valence-electron chi connectivity index (χ0n) is 11.2. The molecule has 5 heteroatoms. The first-order valence-electron chi connectivity index (χ1n) is 6.30. The summed E-state index contributed by atoms with van der Waals surface area (Å²) in [6.45, 7) is -0.257. The molecule has 0 atom stereocenters. The van der Waals surface area contributed by atoms with Crippen LogP contribution in [-0.2, 0) is 9.63 Å². The molecule has 0 unspecified atom stereocenters. The zero-order valence-corrected chi connectivity index (χ0v) is 11.2. The van der Waals surface area contributed by atoms with Crippen LogP contribution in [0.2, 0.25) is 0 Å².